The molecule has 5 rings (SSSR count). The summed E-state index contributed by atoms with van der Waals surface area (Å²) in [4.78, 5) is 51.8. The largest absolute Gasteiger partial charge is 0.466 e. The lowest BCUT2D eigenvalue weighted by Crippen LogP contribution is -2.66. The van der Waals surface area contributed by atoms with Gasteiger partial charge in [0.1, 0.15) is 0 Å². The predicted molar refractivity (Wildman–Crippen MR) is 181 cm³/mol. The van der Waals surface area contributed by atoms with Crippen LogP contribution in [0.1, 0.15) is 120 Å². The van der Waals surface area contributed by atoms with E-state index in [1.54, 1.807) is 6.92 Å². The van der Waals surface area contributed by atoms with Crippen LogP contribution in [-0.4, -0.2) is 61.1 Å². The van der Waals surface area contributed by atoms with Crippen molar-refractivity contribution in [3.8, 4) is 0 Å². The van der Waals surface area contributed by atoms with Crippen molar-refractivity contribution in [2.24, 2.45) is 50.2 Å². The summed E-state index contributed by atoms with van der Waals surface area (Å²) in [6.07, 6.45) is 10.1. The van der Waals surface area contributed by atoms with E-state index in [9.17, 15) is 24.3 Å². The summed E-state index contributed by atoms with van der Waals surface area (Å²) in [5, 5.41) is 19.5. The number of allylic oxidation sites excluding steroid dienone is 2. The summed E-state index contributed by atoms with van der Waals surface area (Å²) in [6.45, 7) is 18.9. The molecular formula is C38H61N3O6. The van der Waals surface area contributed by atoms with Gasteiger partial charge in [-0.05, 0) is 110 Å². The van der Waals surface area contributed by atoms with E-state index >= 15 is 0 Å². The molecule has 9 heteroatoms. The Kier molecular flexibility index (Phi) is 9.52. The van der Waals surface area contributed by atoms with Crippen LogP contribution >= 0.6 is 0 Å². The maximum atomic E-state index is 14.5. The SMILES string of the molecule is CCOC(=O)CCNC(=O)NCCNC(=O)[C@@]1(C)CC[C@]2(C)CC[C@]3(C)C(=CC(=O)[C@@H]4[C@@]5(C)CC[C@H](O)C(C)(C)C5CC[C@]43C)[C@H]2C1. The minimum atomic E-state index is -0.570. The highest BCUT2D eigenvalue weighted by Gasteiger charge is 2.70. The highest BCUT2D eigenvalue weighted by Crippen LogP contribution is 2.75. The maximum Gasteiger partial charge on any atom is 0.314 e. The topological polar surface area (TPSA) is 134 Å². The van der Waals surface area contributed by atoms with E-state index in [0.717, 1.165) is 51.4 Å². The number of aliphatic hydroxyl groups is 1. The van der Waals surface area contributed by atoms with Gasteiger partial charge in [-0.15, -0.1) is 0 Å². The van der Waals surface area contributed by atoms with Gasteiger partial charge in [0.05, 0.1) is 19.1 Å². The Morgan fingerprint density at radius 2 is 1.53 bits per heavy atom. The molecular weight excluding hydrogens is 594 g/mol. The normalized spacial score (nSPS) is 42.0. The van der Waals surface area contributed by atoms with Crippen molar-refractivity contribution in [3.05, 3.63) is 11.6 Å². The van der Waals surface area contributed by atoms with E-state index in [4.69, 9.17) is 4.74 Å². The number of hydrogen-bond acceptors (Lipinski definition) is 6. The number of ether oxygens (including phenoxy) is 1. The number of hydrogen-bond donors (Lipinski definition) is 4. The van der Waals surface area contributed by atoms with Gasteiger partial charge in [0.15, 0.2) is 5.78 Å². The fourth-order valence-electron chi connectivity index (χ4n) is 11.5. The van der Waals surface area contributed by atoms with E-state index in [2.05, 4.69) is 64.4 Å². The number of nitrogens with one attached hydrogen (secondary N) is 3. The zero-order valence-electron chi connectivity index (χ0n) is 30.3. The number of aliphatic hydroxyl groups excluding tert-OH is 1. The van der Waals surface area contributed by atoms with Crippen molar-refractivity contribution in [2.75, 3.05) is 26.2 Å². The number of carbonyl (C=O) groups excluding carboxylic acids is 4. The summed E-state index contributed by atoms with van der Waals surface area (Å²) in [6, 6.07) is -0.388. The van der Waals surface area contributed by atoms with Gasteiger partial charge in [0, 0.05) is 31.0 Å². The number of carbonyl (C=O) groups is 4. The van der Waals surface area contributed by atoms with Crippen molar-refractivity contribution in [3.63, 3.8) is 0 Å². The number of amides is 3. The fraction of sp³-hybridized carbons (Fsp3) is 0.842. The van der Waals surface area contributed by atoms with Crippen LogP contribution in [0.25, 0.3) is 0 Å². The van der Waals surface area contributed by atoms with E-state index in [1.165, 1.54) is 5.57 Å². The van der Waals surface area contributed by atoms with E-state index in [0.29, 0.717) is 25.5 Å². The van der Waals surface area contributed by atoms with Crippen LogP contribution in [0.5, 0.6) is 0 Å². The van der Waals surface area contributed by atoms with Crippen molar-refractivity contribution in [2.45, 2.75) is 126 Å². The second-order valence-electron chi connectivity index (χ2n) is 17.6. The molecule has 4 N–H and O–H groups in total. The third-order valence-electron chi connectivity index (χ3n) is 14.7. The van der Waals surface area contributed by atoms with E-state index in [1.807, 2.05) is 6.08 Å². The summed E-state index contributed by atoms with van der Waals surface area (Å²) in [7, 11) is 0. The molecule has 0 aliphatic heterocycles. The Balaban J connectivity index is 1.29. The average molecular weight is 656 g/mol. The summed E-state index contributed by atoms with van der Waals surface area (Å²) < 4.78 is 4.87. The van der Waals surface area contributed by atoms with Crippen molar-refractivity contribution < 1.29 is 29.0 Å². The van der Waals surface area contributed by atoms with Gasteiger partial charge in [-0.1, -0.05) is 54.0 Å². The number of ketones is 1. The van der Waals surface area contributed by atoms with Crippen LogP contribution < -0.4 is 16.0 Å². The first-order valence-electron chi connectivity index (χ1n) is 18.3. The van der Waals surface area contributed by atoms with Gasteiger partial charge in [-0.2, -0.15) is 0 Å². The first kappa shape index (κ1) is 35.9. The summed E-state index contributed by atoms with van der Waals surface area (Å²) in [5.74, 6) is 0.317. The molecule has 0 saturated heterocycles. The summed E-state index contributed by atoms with van der Waals surface area (Å²) in [5.41, 5.74) is 0.112. The standard InChI is InChI=1S/C38H61N3O6/c1-9-47-29(44)12-19-40-32(46)41-21-20-39-31(45)35(5)16-15-34(4)17-18-37(7)24(25(34)23-35)22-26(42)30-36(6)13-11-28(43)33(2,3)27(36)10-14-38(30,37)8/h22,25,27-28,30,43H,9-21,23H2,1-8H3,(H,39,45)(H2,40,41,46)/t25-,27?,28+,30-,34-,35+,36+,37-,38-/m1/s1. The summed E-state index contributed by atoms with van der Waals surface area (Å²) >= 11 is 0. The first-order valence-corrected chi connectivity index (χ1v) is 18.3. The average Bonchev–Trinajstić information content (AvgIpc) is 2.99. The van der Waals surface area contributed by atoms with Crippen molar-refractivity contribution in [1.82, 2.24) is 16.0 Å². The molecule has 0 heterocycles. The quantitative estimate of drug-likeness (QED) is 0.196. The lowest BCUT2D eigenvalue weighted by atomic mass is 9.33. The van der Waals surface area contributed by atoms with Gasteiger partial charge in [-0.3, -0.25) is 14.4 Å². The van der Waals surface area contributed by atoms with E-state index in [-0.39, 0.29) is 88.2 Å². The molecule has 0 bridgehead atoms. The van der Waals surface area contributed by atoms with Crippen molar-refractivity contribution >= 4 is 23.7 Å². The molecule has 4 saturated carbocycles. The Morgan fingerprint density at radius 1 is 0.872 bits per heavy atom. The van der Waals surface area contributed by atoms with Gasteiger partial charge >= 0.3 is 12.0 Å². The van der Waals surface area contributed by atoms with Gasteiger partial charge in [0.2, 0.25) is 5.91 Å². The Labute approximate surface area is 282 Å². The molecule has 0 aromatic rings. The van der Waals surface area contributed by atoms with Crippen LogP contribution in [0, 0.1) is 50.2 Å². The van der Waals surface area contributed by atoms with E-state index < -0.39 is 5.41 Å². The fourth-order valence-corrected chi connectivity index (χ4v) is 11.5. The lowest BCUT2D eigenvalue weighted by molar-refractivity contribution is -0.202. The highest BCUT2D eigenvalue weighted by molar-refractivity contribution is 5.95. The molecule has 0 aromatic heterocycles. The second kappa shape index (κ2) is 12.5. The Hall–Kier alpha value is -2.42. The Bertz CT molecular complexity index is 1310. The molecule has 47 heavy (non-hydrogen) atoms. The molecule has 264 valence electrons. The molecule has 4 fully saturated rings. The number of fused-ring (bicyclic) bond motifs is 7. The highest BCUT2D eigenvalue weighted by atomic mass is 16.5. The zero-order valence-corrected chi connectivity index (χ0v) is 30.3. The second-order valence-corrected chi connectivity index (χ2v) is 17.6. The molecule has 5 aliphatic rings. The number of urea groups is 1. The van der Waals surface area contributed by atoms with Gasteiger partial charge < -0.3 is 25.8 Å². The van der Waals surface area contributed by atoms with Gasteiger partial charge in [0.25, 0.3) is 0 Å². The van der Waals surface area contributed by atoms with Crippen LogP contribution in [0.15, 0.2) is 11.6 Å². The minimum absolute atomic E-state index is 0.000756. The van der Waals surface area contributed by atoms with Gasteiger partial charge in [-0.25, -0.2) is 4.79 Å². The maximum absolute atomic E-state index is 14.5. The molecule has 3 amide bonds. The number of rotatable bonds is 8. The minimum Gasteiger partial charge on any atom is -0.466 e. The monoisotopic (exact) mass is 655 g/mol. The lowest BCUT2D eigenvalue weighted by Gasteiger charge is -2.70. The smallest absolute Gasteiger partial charge is 0.314 e. The molecule has 0 aromatic carbocycles. The van der Waals surface area contributed by atoms with Crippen LogP contribution in [0.2, 0.25) is 0 Å². The van der Waals surface area contributed by atoms with Crippen LogP contribution in [0.3, 0.4) is 0 Å². The predicted octanol–water partition coefficient (Wildman–Crippen LogP) is 5.70. The molecule has 9 atom stereocenters. The molecule has 0 radical (unpaired) electrons. The molecule has 1 unspecified atom stereocenters. The van der Waals surface area contributed by atoms with Crippen LogP contribution in [0.4, 0.5) is 4.79 Å². The molecule has 5 aliphatic carbocycles. The third kappa shape index (κ3) is 5.84. The third-order valence-corrected chi connectivity index (χ3v) is 14.7. The first-order chi connectivity index (χ1) is 21.9. The zero-order chi connectivity index (χ0) is 34.6. The van der Waals surface area contributed by atoms with Crippen molar-refractivity contribution in [1.29, 1.82) is 0 Å². The Morgan fingerprint density at radius 3 is 2.23 bits per heavy atom. The number of esters is 1. The molecule has 9 nitrogen and oxygen atoms in total. The molecule has 0 spiro atoms. The van der Waals surface area contributed by atoms with Crippen LogP contribution in [-0.2, 0) is 19.1 Å².